The minimum Gasteiger partial charge on any atom is -0.490 e. The van der Waals surface area contributed by atoms with E-state index in [1.54, 1.807) is 42.5 Å². The van der Waals surface area contributed by atoms with Gasteiger partial charge in [0.05, 0.1) is 16.5 Å². The second-order valence-corrected chi connectivity index (χ2v) is 11.3. The number of anilines is 1. The van der Waals surface area contributed by atoms with Gasteiger partial charge in [0, 0.05) is 10.2 Å². The number of hydrogen-bond acceptors (Lipinski definition) is 6. The Morgan fingerprint density at radius 1 is 1.00 bits per heavy atom. The molecule has 208 valence electrons. The summed E-state index contributed by atoms with van der Waals surface area (Å²) in [6.07, 6.45) is 1.61. The number of imide groups is 1. The number of hydrogen-bond donors (Lipinski definition) is 1. The smallest absolute Gasteiger partial charge is 0.294 e. The van der Waals surface area contributed by atoms with Crippen LogP contribution in [0.2, 0.25) is 5.02 Å². The zero-order chi connectivity index (χ0) is 28.9. The number of benzene rings is 4. The van der Waals surface area contributed by atoms with Gasteiger partial charge in [-0.15, -0.1) is 0 Å². The third-order valence-electron chi connectivity index (χ3n) is 6.21. The van der Waals surface area contributed by atoms with Crippen molar-refractivity contribution in [3.05, 3.63) is 104 Å². The highest BCUT2D eigenvalue weighted by Gasteiger charge is 2.36. The predicted molar refractivity (Wildman–Crippen MR) is 166 cm³/mol. The van der Waals surface area contributed by atoms with E-state index in [-0.39, 0.29) is 4.91 Å². The van der Waals surface area contributed by atoms with Crippen molar-refractivity contribution in [3.8, 4) is 11.5 Å². The number of nitrogens with zero attached hydrogens (tertiary/aromatic N) is 1. The van der Waals surface area contributed by atoms with Crippen molar-refractivity contribution >= 4 is 78.9 Å². The van der Waals surface area contributed by atoms with Crippen molar-refractivity contribution in [2.24, 2.45) is 0 Å². The average Bonchev–Trinajstić information content (AvgIpc) is 3.22. The number of carbonyl (C=O) groups is 3. The van der Waals surface area contributed by atoms with Crippen molar-refractivity contribution in [2.75, 3.05) is 18.5 Å². The van der Waals surface area contributed by atoms with Crippen LogP contribution in [0.25, 0.3) is 16.8 Å². The molecule has 41 heavy (non-hydrogen) atoms. The van der Waals surface area contributed by atoms with Gasteiger partial charge in [-0.05, 0) is 92.9 Å². The van der Waals surface area contributed by atoms with E-state index in [9.17, 15) is 14.4 Å². The summed E-state index contributed by atoms with van der Waals surface area (Å²) in [5.41, 5.74) is 2.16. The summed E-state index contributed by atoms with van der Waals surface area (Å²) in [5, 5.41) is 4.81. The van der Waals surface area contributed by atoms with E-state index in [0.717, 1.165) is 33.0 Å². The lowest BCUT2D eigenvalue weighted by atomic mass is 10.1. The normalized spacial score (nSPS) is 14.1. The Kier molecular flexibility index (Phi) is 8.97. The van der Waals surface area contributed by atoms with Gasteiger partial charge in [0.15, 0.2) is 11.5 Å². The standard InChI is InChI=1S/C31H24BrClN2O5S/c1-2-39-27-14-19(10-13-26(27)40-18-21-8-5-7-20-6-3-4-9-23(20)21)15-28-30(37)35(31(38)41-28)17-29(36)34-22-11-12-24(32)25(33)16-22/h3-16H,2,17-18H2,1H3,(H,34,36)/b28-15+. The molecule has 1 heterocycles. The molecule has 10 heteroatoms. The van der Waals surface area contributed by atoms with Crippen LogP contribution in [-0.2, 0) is 16.2 Å². The van der Waals surface area contributed by atoms with Crippen molar-refractivity contribution in [3.63, 3.8) is 0 Å². The van der Waals surface area contributed by atoms with Crippen LogP contribution in [0.1, 0.15) is 18.1 Å². The second-order valence-electron chi connectivity index (χ2n) is 9.01. The molecule has 0 unspecified atom stereocenters. The molecule has 1 aliphatic heterocycles. The summed E-state index contributed by atoms with van der Waals surface area (Å²) in [7, 11) is 0. The Labute approximate surface area is 254 Å². The predicted octanol–water partition coefficient (Wildman–Crippen LogP) is 7.91. The Hall–Kier alpha value is -3.79. The van der Waals surface area contributed by atoms with Gasteiger partial charge in [-0.25, -0.2) is 0 Å². The summed E-state index contributed by atoms with van der Waals surface area (Å²) in [6, 6.07) is 24.5. The van der Waals surface area contributed by atoms with Crippen LogP contribution in [0.5, 0.6) is 11.5 Å². The number of thioether (sulfide) groups is 1. The van der Waals surface area contributed by atoms with Gasteiger partial charge in [-0.1, -0.05) is 60.1 Å². The topological polar surface area (TPSA) is 84.9 Å². The van der Waals surface area contributed by atoms with Gasteiger partial charge in [-0.2, -0.15) is 0 Å². The maximum Gasteiger partial charge on any atom is 0.294 e. The van der Waals surface area contributed by atoms with E-state index in [1.165, 1.54) is 0 Å². The fraction of sp³-hybridized carbons (Fsp3) is 0.129. The Morgan fingerprint density at radius 3 is 2.61 bits per heavy atom. The number of nitrogens with one attached hydrogen (secondary N) is 1. The van der Waals surface area contributed by atoms with Crippen molar-refractivity contribution in [1.82, 2.24) is 4.90 Å². The van der Waals surface area contributed by atoms with E-state index >= 15 is 0 Å². The first-order valence-corrected chi connectivity index (χ1v) is 14.7. The molecule has 0 aromatic heterocycles. The van der Waals surface area contributed by atoms with Gasteiger partial charge in [0.1, 0.15) is 13.2 Å². The molecule has 4 aromatic carbocycles. The fourth-order valence-electron chi connectivity index (χ4n) is 4.28. The van der Waals surface area contributed by atoms with E-state index in [0.29, 0.717) is 45.5 Å². The van der Waals surface area contributed by atoms with Gasteiger partial charge < -0.3 is 14.8 Å². The number of carbonyl (C=O) groups excluding carboxylic acids is 3. The summed E-state index contributed by atoms with van der Waals surface area (Å²) in [5.74, 6) is 0.0273. The van der Waals surface area contributed by atoms with Crippen molar-refractivity contribution < 1.29 is 23.9 Å². The molecule has 1 saturated heterocycles. The maximum atomic E-state index is 13.0. The molecule has 0 radical (unpaired) electrons. The highest BCUT2D eigenvalue weighted by molar-refractivity contribution is 9.10. The molecular formula is C31H24BrClN2O5S. The third-order valence-corrected chi connectivity index (χ3v) is 8.35. The van der Waals surface area contributed by atoms with Crippen LogP contribution in [-0.4, -0.2) is 35.1 Å². The van der Waals surface area contributed by atoms with E-state index in [2.05, 4.69) is 39.4 Å². The van der Waals surface area contributed by atoms with Crippen molar-refractivity contribution in [2.45, 2.75) is 13.5 Å². The summed E-state index contributed by atoms with van der Waals surface area (Å²) < 4.78 is 12.6. The zero-order valence-corrected chi connectivity index (χ0v) is 25.0. The Bertz CT molecular complexity index is 1690. The molecule has 5 rings (SSSR count). The molecule has 0 aliphatic carbocycles. The van der Waals surface area contributed by atoms with Gasteiger partial charge in [-0.3, -0.25) is 19.3 Å². The van der Waals surface area contributed by atoms with Crippen LogP contribution in [0.4, 0.5) is 10.5 Å². The molecule has 0 bridgehead atoms. The Balaban J connectivity index is 1.28. The van der Waals surface area contributed by atoms with E-state index in [4.69, 9.17) is 21.1 Å². The minimum absolute atomic E-state index is 0.210. The van der Waals surface area contributed by atoms with Gasteiger partial charge >= 0.3 is 0 Å². The molecule has 1 fully saturated rings. The van der Waals surface area contributed by atoms with Crippen LogP contribution < -0.4 is 14.8 Å². The molecule has 3 amide bonds. The monoisotopic (exact) mass is 650 g/mol. The number of ether oxygens (including phenoxy) is 2. The summed E-state index contributed by atoms with van der Waals surface area (Å²) >= 11 is 10.1. The first kappa shape index (κ1) is 28.7. The number of halogens is 2. The molecular weight excluding hydrogens is 628 g/mol. The molecule has 1 N–H and O–H groups in total. The number of fused-ring (bicyclic) bond motifs is 1. The highest BCUT2D eigenvalue weighted by Crippen LogP contribution is 2.35. The van der Waals surface area contributed by atoms with Gasteiger partial charge in [0.2, 0.25) is 5.91 Å². The first-order chi connectivity index (χ1) is 19.8. The third kappa shape index (κ3) is 6.75. The lowest BCUT2D eigenvalue weighted by Gasteiger charge is -2.14. The number of amides is 3. The lowest BCUT2D eigenvalue weighted by Crippen LogP contribution is -2.36. The SMILES string of the molecule is CCOc1cc(/C=C2/SC(=O)N(CC(=O)Nc3ccc(Br)c(Cl)c3)C2=O)ccc1OCc1cccc2ccccc12. The Morgan fingerprint density at radius 2 is 1.80 bits per heavy atom. The zero-order valence-electron chi connectivity index (χ0n) is 21.9. The van der Waals surface area contributed by atoms with Gasteiger partial charge in [0.25, 0.3) is 11.1 Å². The molecule has 0 spiro atoms. The van der Waals surface area contributed by atoms with Crippen LogP contribution in [0, 0.1) is 0 Å². The maximum absolute atomic E-state index is 13.0. The van der Waals surface area contributed by atoms with E-state index in [1.807, 2.05) is 31.2 Å². The first-order valence-electron chi connectivity index (χ1n) is 12.7. The lowest BCUT2D eigenvalue weighted by molar-refractivity contribution is -0.127. The second kappa shape index (κ2) is 12.8. The number of rotatable bonds is 9. The van der Waals surface area contributed by atoms with Crippen LogP contribution in [0.3, 0.4) is 0 Å². The summed E-state index contributed by atoms with van der Waals surface area (Å²) in [4.78, 5) is 39.3. The minimum atomic E-state index is -0.543. The van der Waals surface area contributed by atoms with Crippen molar-refractivity contribution in [1.29, 1.82) is 0 Å². The quantitative estimate of drug-likeness (QED) is 0.185. The summed E-state index contributed by atoms with van der Waals surface area (Å²) in [6.45, 7) is 2.23. The average molecular weight is 652 g/mol. The van der Waals surface area contributed by atoms with Crippen LogP contribution in [0.15, 0.2) is 88.2 Å². The largest absolute Gasteiger partial charge is 0.490 e. The molecule has 1 aliphatic rings. The highest BCUT2D eigenvalue weighted by atomic mass is 79.9. The fourth-order valence-corrected chi connectivity index (χ4v) is 5.55. The molecule has 7 nitrogen and oxygen atoms in total. The molecule has 4 aromatic rings. The molecule has 0 atom stereocenters. The van der Waals surface area contributed by atoms with Crippen LogP contribution >= 0.6 is 39.3 Å². The molecule has 0 saturated carbocycles. The van der Waals surface area contributed by atoms with E-state index < -0.39 is 23.6 Å².